The standard InChI is InChI=1S/C15H22ClN3O/c1-10-8-19(9-11(2)20-10)15-14(16)5-12(7-18-15)6-17-13-3-4-13/h5,7,10-11,13,17H,3-4,6,8-9H2,1-2H3. The second-order valence-electron chi connectivity index (χ2n) is 5.97. The van der Waals surface area contributed by atoms with Crippen molar-refractivity contribution in [1.82, 2.24) is 10.3 Å². The van der Waals surface area contributed by atoms with Crippen LogP contribution in [0.5, 0.6) is 0 Å². The average molecular weight is 296 g/mol. The largest absolute Gasteiger partial charge is 0.372 e. The fourth-order valence-corrected chi connectivity index (χ4v) is 3.01. The number of ether oxygens (including phenoxy) is 1. The van der Waals surface area contributed by atoms with Crippen LogP contribution < -0.4 is 10.2 Å². The molecule has 20 heavy (non-hydrogen) atoms. The molecule has 3 rings (SSSR count). The first kappa shape index (κ1) is 14.1. The zero-order valence-electron chi connectivity index (χ0n) is 12.1. The zero-order chi connectivity index (χ0) is 14.1. The van der Waals surface area contributed by atoms with Crippen molar-refractivity contribution in [1.29, 1.82) is 0 Å². The van der Waals surface area contributed by atoms with Gasteiger partial charge in [-0.05, 0) is 38.3 Å². The Morgan fingerprint density at radius 3 is 2.65 bits per heavy atom. The van der Waals surface area contributed by atoms with Gasteiger partial charge in [0, 0.05) is 31.9 Å². The summed E-state index contributed by atoms with van der Waals surface area (Å²) >= 11 is 6.42. The van der Waals surface area contributed by atoms with Crippen LogP contribution in [0.25, 0.3) is 0 Å². The summed E-state index contributed by atoms with van der Waals surface area (Å²) in [7, 11) is 0. The Kier molecular flexibility index (Phi) is 4.15. The molecule has 1 aromatic heterocycles. The molecule has 2 heterocycles. The highest BCUT2D eigenvalue weighted by Gasteiger charge is 2.25. The molecule has 1 aliphatic carbocycles. The lowest BCUT2D eigenvalue weighted by molar-refractivity contribution is -0.00545. The van der Waals surface area contributed by atoms with E-state index in [-0.39, 0.29) is 12.2 Å². The molecule has 0 spiro atoms. The van der Waals surface area contributed by atoms with Crippen molar-refractivity contribution in [2.45, 2.75) is 51.5 Å². The highest BCUT2D eigenvalue weighted by molar-refractivity contribution is 6.33. The minimum absolute atomic E-state index is 0.216. The summed E-state index contributed by atoms with van der Waals surface area (Å²) in [5.74, 6) is 0.879. The number of hydrogen-bond acceptors (Lipinski definition) is 4. The maximum Gasteiger partial charge on any atom is 0.147 e. The first-order valence-corrected chi connectivity index (χ1v) is 7.78. The third-order valence-electron chi connectivity index (χ3n) is 3.77. The summed E-state index contributed by atoms with van der Waals surface area (Å²) in [4.78, 5) is 6.79. The predicted octanol–water partition coefficient (Wildman–Crippen LogP) is 2.60. The Morgan fingerprint density at radius 1 is 1.35 bits per heavy atom. The number of anilines is 1. The Labute approximate surface area is 125 Å². The number of halogens is 1. The van der Waals surface area contributed by atoms with Gasteiger partial charge in [-0.2, -0.15) is 0 Å². The van der Waals surface area contributed by atoms with Crippen molar-refractivity contribution in [3.05, 3.63) is 22.8 Å². The van der Waals surface area contributed by atoms with Crippen LogP contribution in [0, 0.1) is 0 Å². The molecule has 1 saturated heterocycles. The van der Waals surface area contributed by atoms with Crippen LogP contribution in [-0.2, 0) is 11.3 Å². The van der Waals surface area contributed by atoms with Crippen LogP contribution in [0.1, 0.15) is 32.3 Å². The zero-order valence-corrected chi connectivity index (χ0v) is 12.9. The van der Waals surface area contributed by atoms with Gasteiger partial charge in [0.25, 0.3) is 0 Å². The van der Waals surface area contributed by atoms with Gasteiger partial charge in [-0.3, -0.25) is 0 Å². The molecule has 2 unspecified atom stereocenters. The van der Waals surface area contributed by atoms with Gasteiger partial charge in [0.1, 0.15) is 5.82 Å². The van der Waals surface area contributed by atoms with Crippen LogP contribution in [0.15, 0.2) is 12.3 Å². The van der Waals surface area contributed by atoms with E-state index in [4.69, 9.17) is 16.3 Å². The van der Waals surface area contributed by atoms with Crippen LogP contribution in [0.2, 0.25) is 5.02 Å². The van der Waals surface area contributed by atoms with E-state index in [0.29, 0.717) is 6.04 Å². The van der Waals surface area contributed by atoms with Crippen LogP contribution >= 0.6 is 11.6 Å². The van der Waals surface area contributed by atoms with Gasteiger partial charge < -0.3 is 15.0 Å². The third kappa shape index (κ3) is 3.43. The van der Waals surface area contributed by atoms with Crippen LogP contribution in [-0.4, -0.2) is 36.3 Å². The van der Waals surface area contributed by atoms with Crippen molar-refractivity contribution in [3.63, 3.8) is 0 Å². The quantitative estimate of drug-likeness (QED) is 0.926. The molecule has 1 aliphatic heterocycles. The maximum absolute atomic E-state index is 6.42. The summed E-state index contributed by atoms with van der Waals surface area (Å²) in [5.41, 5.74) is 1.15. The monoisotopic (exact) mass is 295 g/mol. The van der Waals surface area contributed by atoms with Crippen molar-refractivity contribution >= 4 is 17.4 Å². The average Bonchev–Trinajstić information content (AvgIpc) is 3.19. The highest BCUT2D eigenvalue weighted by atomic mass is 35.5. The number of morpholine rings is 1. The second-order valence-corrected chi connectivity index (χ2v) is 6.37. The summed E-state index contributed by atoms with van der Waals surface area (Å²) in [5, 5.41) is 4.22. The number of rotatable bonds is 4. The molecule has 0 aromatic carbocycles. The molecule has 2 atom stereocenters. The summed E-state index contributed by atoms with van der Waals surface area (Å²) < 4.78 is 5.75. The van der Waals surface area contributed by atoms with E-state index >= 15 is 0 Å². The molecule has 2 fully saturated rings. The van der Waals surface area contributed by atoms with Gasteiger partial charge >= 0.3 is 0 Å². The summed E-state index contributed by atoms with van der Waals surface area (Å²) in [6, 6.07) is 2.73. The molecule has 4 nitrogen and oxygen atoms in total. The van der Waals surface area contributed by atoms with Gasteiger partial charge in [-0.25, -0.2) is 4.98 Å². The maximum atomic E-state index is 6.42. The molecule has 1 N–H and O–H groups in total. The lowest BCUT2D eigenvalue weighted by atomic mass is 10.2. The van der Waals surface area contributed by atoms with E-state index in [1.807, 2.05) is 12.3 Å². The van der Waals surface area contributed by atoms with E-state index in [0.717, 1.165) is 36.0 Å². The molecule has 0 amide bonds. The van der Waals surface area contributed by atoms with Gasteiger partial charge in [0.15, 0.2) is 0 Å². The minimum atomic E-state index is 0.216. The molecule has 110 valence electrons. The number of nitrogens with zero attached hydrogens (tertiary/aromatic N) is 2. The number of pyridine rings is 1. The lowest BCUT2D eigenvalue weighted by Gasteiger charge is -2.36. The van der Waals surface area contributed by atoms with Crippen LogP contribution in [0.3, 0.4) is 0 Å². The smallest absolute Gasteiger partial charge is 0.147 e. The fourth-order valence-electron chi connectivity index (χ4n) is 2.70. The Balaban J connectivity index is 1.69. The van der Waals surface area contributed by atoms with Gasteiger partial charge in [-0.15, -0.1) is 0 Å². The predicted molar refractivity (Wildman–Crippen MR) is 81.3 cm³/mol. The Bertz CT molecular complexity index is 468. The normalized spacial score (nSPS) is 26.9. The molecule has 0 radical (unpaired) electrons. The van der Waals surface area contributed by atoms with E-state index in [2.05, 4.69) is 29.0 Å². The first-order valence-electron chi connectivity index (χ1n) is 7.40. The van der Waals surface area contributed by atoms with Crippen molar-refractivity contribution in [2.75, 3.05) is 18.0 Å². The molecular formula is C15H22ClN3O. The molecular weight excluding hydrogens is 274 g/mol. The van der Waals surface area contributed by atoms with Gasteiger partial charge in [-0.1, -0.05) is 11.6 Å². The van der Waals surface area contributed by atoms with E-state index in [1.54, 1.807) is 0 Å². The summed E-state index contributed by atoms with van der Waals surface area (Å²) in [6.45, 7) is 6.72. The fraction of sp³-hybridized carbons (Fsp3) is 0.667. The Morgan fingerprint density at radius 2 is 2.05 bits per heavy atom. The lowest BCUT2D eigenvalue weighted by Crippen LogP contribution is -2.46. The van der Waals surface area contributed by atoms with E-state index in [9.17, 15) is 0 Å². The second kappa shape index (κ2) is 5.88. The molecule has 2 aliphatic rings. The molecule has 0 bridgehead atoms. The van der Waals surface area contributed by atoms with E-state index in [1.165, 1.54) is 12.8 Å². The number of hydrogen-bond donors (Lipinski definition) is 1. The van der Waals surface area contributed by atoms with E-state index < -0.39 is 0 Å². The molecule has 1 saturated carbocycles. The minimum Gasteiger partial charge on any atom is -0.372 e. The molecule has 1 aromatic rings. The first-order chi connectivity index (χ1) is 9.61. The highest BCUT2D eigenvalue weighted by Crippen LogP contribution is 2.27. The van der Waals surface area contributed by atoms with Crippen LogP contribution in [0.4, 0.5) is 5.82 Å². The van der Waals surface area contributed by atoms with Gasteiger partial charge in [0.05, 0.1) is 17.2 Å². The topological polar surface area (TPSA) is 37.4 Å². The molecule has 5 heteroatoms. The SMILES string of the molecule is CC1CN(c2ncc(CNC3CC3)cc2Cl)CC(C)O1. The third-order valence-corrected chi connectivity index (χ3v) is 4.05. The number of nitrogens with one attached hydrogen (secondary N) is 1. The van der Waals surface area contributed by atoms with Gasteiger partial charge in [0.2, 0.25) is 0 Å². The van der Waals surface area contributed by atoms with Crippen molar-refractivity contribution < 1.29 is 4.74 Å². The summed E-state index contributed by atoms with van der Waals surface area (Å²) in [6.07, 6.45) is 4.95. The van der Waals surface area contributed by atoms with Crippen molar-refractivity contribution in [2.24, 2.45) is 0 Å². The number of aromatic nitrogens is 1. The Hall–Kier alpha value is -0.840. The van der Waals surface area contributed by atoms with Crippen molar-refractivity contribution in [3.8, 4) is 0 Å².